The summed E-state index contributed by atoms with van der Waals surface area (Å²) >= 11 is 0. The Morgan fingerprint density at radius 3 is 2.51 bits per heavy atom. The molecule has 1 N–H and O–H groups in total. The highest BCUT2D eigenvalue weighted by atomic mass is 32.2. The van der Waals surface area contributed by atoms with E-state index in [9.17, 15) is 18.0 Å². The number of carbonyl (C=O) groups is 2. The molecule has 2 aliphatic heterocycles. The van der Waals surface area contributed by atoms with Crippen LogP contribution in [-0.2, 0) is 26.0 Å². The summed E-state index contributed by atoms with van der Waals surface area (Å²) in [6.07, 6.45) is 12.4. The van der Waals surface area contributed by atoms with E-state index >= 15 is 0 Å². The van der Waals surface area contributed by atoms with Crippen molar-refractivity contribution in [1.29, 1.82) is 0 Å². The number of nitrogens with one attached hydrogen (secondary N) is 1. The minimum absolute atomic E-state index is 0.0909. The number of carbonyl (C=O) groups excluding carboxylic acids is 2. The van der Waals surface area contributed by atoms with Gasteiger partial charge in [-0.25, -0.2) is 13.1 Å². The number of nitrogens with zero attached hydrogens (tertiary/aromatic N) is 4. The highest BCUT2D eigenvalue weighted by molar-refractivity contribution is 7.90. The maximum absolute atomic E-state index is 14.6. The number of rotatable bonds is 10. The van der Waals surface area contributed by atoms with E-state index in [0.717, 1.165) is 89.7 Å². The Kier molecular flexibility index (Phi) is 10.4. The second-order valence-electron chi connectivity index (χ2n) is 15.7. The fourth-order valence-electron chi connectivity index (χ4n) is 8.74. The Morgan fingerprint density at radius 1 is 1.00 bits per heavy atom. The predicted molar refractivity (Wildman–Crippen MR) is 212 cm³/mol. The molecular weight excluding hydrogens is 719 g/mol. The second kappa shape index (κ2) is 15.2. The third-order valence-electron chi connectivity index (χ3n) is 11.9. The van der Waals surface area contributed by atoms with Gasteiger partial charge in [-0.2, -0.15) is 5.10 Å². The van der Waals surface area contributed by atoms with E-state index in [4.69, 9.17) is 19.3 Å². The molecule has 55 heavy (non-hydrogen) atoms. The van der Waals surface area contributed by atoms with E-state index in [1.165, 1.54) is 12.0 Å². The standard InChI is InChI=1S/C42H51N5O7S/c1-26(2)55(50,51)44-41(48)28-13-15-35-37(21-28)46-23-30(19-29-20-32(53-4)14-16-34(29)40(46)38(35)27-9-6-5-7-10-27)39-36(22-43-47(39)31-11-8-12-31)42(49)45-17-18-54-33(24-45)25-52-3/h13-16,19-22,26-27,31,33H,5-12,17-18,23-25H2,1-4H3,(H,44,48)/t33-/m0/s1. The van der Waals surface area contributed by atoms with Gasteiger partial charge in [0.15, 0.2) is 0 Å². The Bertz CT molecular complexity index is 2260. The molecule has 12 nitrogen and oxygen atoms in total. The number of sulfonamides is 1. The number of morpholine rings is 1. The molecule has 4 heterocycles. The maximum atomic E-state index is 14.6. The zero-order valence-electron chi connectivity index (χ0n) is 32.2. The van der Waals surface area contributed by atoms with E-state index in [-0.39, 0.29) is 23.6 Å². The number of hydrogen-bond donors (Lipinski definition) is 1. The average molecular weight is 770 g/mol. The summed E-state index contributed by atoms with van der Waals surface area (Å²) in [5, 5.41) is 5.21. The third-order valence-corrected chi connectivity index (χ3v) is 13.6. The molecule has 0 bridgehead atoms. The van der Waals surface area contributed by atoms with Crippen molar-refractivity contribution in [1.82, 2.24) is 24.0 Å². The van der Waals surface area contributed by atoms with Gasteiger partial charge >= 0.3 is 0 Å². The first-order chi connectivity index (χ1) is 26.6. The molecule has 13 heteroatoms. The molecule has 2 aliphatic carbocycles. The first-order valence-electron chi connectivity index (χ1n) is 19.7. The summed E-state index contributed by atoms with van der Waals surface area (Å²) in [5.41, 5.74) is 7.72. The van der Waals surface area contributed by atoms with Gasteiger partial charge < -0.3 is 23.7 Å². The van der Waals surface area contributed by atoms with E-state index < -0.39 is 21.2 Å². The molecule has 2 aromatic carbocycles. The normalized spacial score (nSPS) is 19.4. The summed E-state index contributed by atoms with van der Waals surface area (Å²) in [5.74, 6) is 0.286. The third kappa shape index (κ3) is 6.99. The smallest absolute Gasteiger partial charge is 0.264 e. The molecule has 1 atom stereocenters. The molecule has 0 radical (unpaired) electrons. The largest absolute Gasteiger partial charge is 0.497 e. The van der Waals surface area contributed by atoms with Crippen molar-refractivity contribution in [2.45, 2.75) is 95.1 Å². The lowest BCUT2D eigenvalue weighted by molar-refractivity contribution is -0.0531. The van der Waals surface area contributed by atoms with Gasteiger partial charge in [-0.1, -0.05) is 25.3 Å². The van der Waals surface area contributed by atoms with Crippen molar-refractivity contribution in [2.75, 3.05) is 40.5 Å². The van der Waals surface area contributed by atoms with Crippen LogP contribution >= 0.6 is 0 Å². The van der Waals surface area contributed by atoms with E-state index in [2.05, 4.69) is 32.2 Å². The number of methoxy groups -OCH3 is 2. The van der Waals surface area contributed by atoms with Crippen LogP contribution in [0.15, 0.2) is 42.6 Å². The first-order valence-corrected chi connectivity index (χ1v) is 21.2. The van der Waals surface area contributed by atoms with Gasteiger partial charge in [-0.3, -0.25) is 14.3 Å². The lowest BCUT2D eigenvalue weighted by atomic mass is 9.81. The van der Waals surface area contributed by atoms with Crippen molar-refractivity contribution < 1.29 is 32.2 Å². The molecule has 4 aromatic rings. The van der Waals surface area contributed by atoms with Crippen molar-refractivity contribution in [3.63, 3.8) is 0 Å². The quantitative estimate of drug-likeness (QED) is 0.186. The zero-order chi connectivity index (χ0) is 38.4. The molecule has 0 spiro atoms. The van der Waals surface area contributed by atoms with Crippen LogP contribution in [0.4, 0.5) is 0 Å². The van der Waals surface area contributed by atoms with Gasteiger partial charge in [0.1, 0.15) is 5.75 Å². The van der Waals surface area contributed by atoms with Crippen LogP contribution in [0, 0.1) is 0 Å². The number of ether oxygens (including phenoxy) is 3. The van der Waals surface area contributed by atoms with Crippen LogP contribution in [0.2, 0.25) is 0 Å². The fourth-order valence-corrected chi connectivity index (χ4v) is 9.35. The minimum atomic E-state index is -3.85. The van der Waals surface area contributed by atoms with Gasteiger partial charge in [-0.15, -0.1) is 0 Å². The number of allylic oxidation sites excluding steroid dienone is 1. The number of amides is 2. The van der Waals surface area contributed by atoms with Gasteiger partial charge in [-0.05, 0) is 105 Å². The molecule has 2 amide bonds. The molecule has 4 aliphatic rings. The lowest BCUT2D eigenvalue weighted by Gasteiger charge is -2.33. The Labute approximate surface area is 322 Å². The highest BCUT2D eigenvalue weighted by Crippen LogP contribution is 2.48. The summed E-state index contributed by atoms with van der Waals surface area (Å²) in [4.78, 5) is 30.0. The number of benzene rings is 2. The summed E-state index contributed by atoms with van der Waals surface area (Å²) in [6.45, 7) is 5.23. The molecule has 292 valence electrons. The van der Waals surface area contributed by atoms with Crippen molar-refractivity contribution in [3.05, 3.63) is 70.5 Å². The molecular formula is C42H51N5O7S. The van der Waals surface area contributed by atoms with Crippen molar-refractivity contribution in [2.24, 2.45) is 0 Å². The van der Waals surface area contributed by atoms with E-state index in [1.54, 1.807) is 40.3 Å². The summed E-state index contributed by atoms with van der Waals surface area (Å²) < 4.78 is 49.2. The first kappa shape index (κ1) is 37.5. The molecule has 2 saturated carbocycles. The Balaban J connectivity index is 1.33. The maximum Gasteiger partial charge on any atom is 0.264 e. The van der Waals surface area contributed by atoms with Crippen molar-refractivity contribution in [3.8, 4) is 17.0 Å². The van der Waals surface area contributed by atoms with E-state index in [1.807, 2.05) is 23.1 Å². The Hall–Kier alpha value is -4.46. The SMILES string of the molecule is COC[C@@H]1CN(C(=O)c2cnn(C3CCC3)c2C2=Cc3cc(OC)ccc3-c3c(C4CCCCC4)c4ccc(C(=O)NS(=O)(=O)C(C)C)cc4n3C2)CCO1. The highest BCUT2D eigenvalue weighted by Gasteiger charge is 2.35. The lowest BCUT2D eigenvalue weighted by Crippen LogP contribution is -2.47. The predicted octanol–water partition coefficient (Wildman–Crippen LogP) is 6.80. The molecule has 8 rings (SSSR count). The van der Waals surface area contributed by atoms with Crippen molar-refractivity contribution >= 4 is 44.4 Å². The molecule has 0 unspecified atom stereocenters. The van der Waals surface area contributed by atoms with Gasteiger partial charge in [0.2, 0.25) is 10.0 Å². The monoisotopic (exact) mass is 769 g/mol. The van der Waals surface area contributed by atoms with Crippen LogP contribution in [-0.4, -0.2) is 91.4 Å². The average Bonchev–Trinajstić information content (AvgIpc) is 3.67. The summed E-state index contributed by atoms with van der Waals surface area (Å²) in [7, 11) is -0.541. The second-order valence-corrected chi connectivity index (χ2v) is 17.9. The van der Waals surface area contributed by atoms with Crippen LogP contribution in [0.5, 0.6) is 5.75 Å². The van der Waals surface area contributed by atoms with Crippen LogP contribution in [0.1, 0.15) is 115 Å². The summed E-state index contributed by atoms with van der Waals surface area (Å²) in [6, 6.07) is 11.9. The van der Waals surface area contributed by atoms with Crippen LogP contribution in [0.3, 0.4) is 0 Å². The van der Waals surface area contributed by atoms with Gasteiger partial charge in [0, 0.05) is 42.2 Å². The van der Waals surface area contributed by atoms with Gasteiger partial charge in [0.25, 0.3) is 11.8 Å². The molecule has 2 aromatic heterocycles. The number of aromatic nitrogens is 3. The number of hydrogen-bond acceptors (Lipinski definition) is 8. The molecule has 1 saturated heterocycles. The Morgan fingerprint density at radius 2 is 1.80 bits per heavy atom. The van der Waals surface area contributed by atoms with E-state index in [0.29, 0.717) is 44.3 Å². The fraction of sp³-hybridized carbons (Fsp3) is 0.500. The zero-order valence-corrected chi connectivity index (χ0v) is 33.0. The van der Waals surface area contributed by atoms with Crippen LogP contribution in [0.25, 0.3) is 33.8 Å². The topological polar surface area (TPSA) is 134 Å². The number of fused-ring (bicyclic) bond motifs is 5. The van der Waals surface area contributed by atoms with Crippen LogP contribution < -0.4 is 9.46 Å². The minimum Gasteiger partial charge on any atom is -0.497 e. The van der Waals surface area contributed by atoms with Gasteiger partial charge in [0.05, 0.1) is 67.4 Å². The molecule has 3 fully saturated rings.